The third-order valence-electron chi connectivity index (χ3n) is 3.13. The van der Waals surface area contributed by atoms with Gasteiger partial charge < -0.3 is 5.73 Å². The van der Waals surface area contributed by atoms with Crippen molar-refractivity contribution in [3.63, 3.8) is 0 Å². The maximum atomic E-state index is 5.81. The van der Waals surface area contributed by atoms with Gasteiger partial charge in [-0.05, 0) is 31.6 Å². The van der Waals surface area contributed by atoms with E-state index < -0.39 is 0 Å². The second-order valence-corrected chi connectivity index (χ2v) is 5.51. The maximum Gasteiger partial charge on any atom is 0.00130 e. The van der Waals surface area contributed by atoms with E-state index in [-0.39, 0.29) is 0 Å². The molecule has 15 heavy (non-hydrogen) atoms. The number of nitrogens with two attached hydrogens (primary N) is 1. The minimum atomic E-state index is 0.368. The van der Waals surface area contributed by atoms with Gasteiger partial charge in [0.25, 0.3) is 0 Å². The minimum Gasteiger partial charge on any atom is -0.328 e. The fourth-order valence-electron chi connectivity index (χ4n) is 2.46. The fraction of sp³-hybridized carbons (Fsp3) is 1.00. The monoisotopic (exact) mass is 213 g/mol. The summed E-state index contributed by atoms with van der Waals surface area (Å²) in [5.41, 5.74) is 5.81. The Balaban J connectivity index is 3.42. The summed E-state index contributed by atoms with van der Waals surface area (Å²) in [7, 11) is 0. The van der Waals surface area contributed by atoms with Crippen LogP contribution in [0.3, 0.4) is 0 Å². The number of hydrogen-bond donors (Lipinski definition) is 1. The van der Waals surface area contributed by atoms with Gasteiger partial charge in [0.2, 0.25) is 0 Å². The quantitative estimate of drug-likeness (QED) is 0.566. The van der Waals surface area contributed by atoms with E-state index in [0.717, 1.165) is 11.8 Å². The Labute approximate surface area is 96.8 Å². The van der Waals surface area contributed by atoms with E-state index >= 15 is 0 Å². The standard InChI is InChI=1S/C14H31N/c1-5-6-7-8-9-12(2)10-13(3)11-14(4)15/h12-14H,5-11,15H2,1-4H3. The van der Waals surface area contributed by atoms with Crippen molar-refractivity contribution in [3.05, 3.63) is 0 Å². The summed E-state index contributed by atoms with van der Waals surface area (Å²) in [4.78, 5) is 0. The molecule has 3 atom stereocenters. The molecule has 0 spiro atoms. The van der Waals surface area contributed by atoms with E-state index in [0.29, 0.717) is 6.04 Å². The summed E-state index contributed by atoms with van der Waals surface area (Å²) >= 11 is 0. The lowest BCUT2D eigenvalue weighted by atomic mass is 9.89. The number of hydrogen-bond acceptors (Lipinski definition) is 1. The van der Waals surface area contributed by atoms with Crippen molar-refractivity contribution in [3.8, 4) is 0 Å². The van der Waals surface area contributed by atoms with E-state index in [1.807, 2.05) is 0 Å². The van der Waals surface area contributed by atoms with Crippen LogP contribution >= 0.6 is 0 Å². The molecule has 0 amide bonds. The third kappa shape index (κ3) is 10.2. The van der Waals surface area contributed by atoms with E-state index in [2.05, 4.69) is 27.7 Å². The minimum absolute atomic E-state index is 0.368. The molecule has 0 saturated heterocycles. The SMILES string of the molecule is CCCCCCC(C)CC(C)CC(C)N. The van der Waals surface area contributed by atoms with Crippen molar-refractivity contribution in [1.82, 2.24) is 0 Å². The Morgan fingerprint density at radius 2 is 1.53 bits per heavy atom. The normalized spacial score (nSPS) is 17.4. The summed E-state index contributed by atoms with van der Waals surface area (Å²) < 4.78 is 0. The van der Waals surface area contributed by atoms with Crippen LogP contribution in [0.15, 0.2) is 0 Å². The Hall–Kier alpha value is -0.0400. The van der Waals surface area contributed by atoms with Crippen LogP contribution in [0, 0.1) is 11.8 Å². The van der Waals surface area contributed by atoms with Gasteiger partial charge >= 0.3 is 0 Å². The molecule has 0 bridgehead atoms. The average Bonchev–Trinajstić information content (AvgIpc) is 2.10. The second kappa shape index (κ2) is 9.21. The first-order chi connectivity index (χ1) is 7.06. The summed E-state index contributed by atoms with van der Waals surface area (Å²) in [6.07, 6.45) is 9.52. The summed E-state index contributed by atoms with van der Waals surface area (Å²) in [6, 6.07) is 0.368. The van der Waals surface area contributed by atoms with Gasteiger partial charge in [0.15, 0.2) is 0 Å². The predicted octanol–water partition coefficient (Wildman–Crippen LogP) is 4.36. The van der Waals surface area contributed by atoms with Gasteiger partial charge in [-0.25, -0.2) is 0 Å². The predicted molar refractivity (Wildman–Crippen MR) is 70.0 cm³/mol. The van der Waals surface area contributed by atoms with Gasteiger partial charge in [-0.1, -0.05) is 52.9 Å². The number of unbranched alkanes of at least 4 members (excludes halogenated alkanes) is 3. The molecule has 0 aliphatic carbocycles. The molecule has 0 rings (SSSR count). The van der Waals surface area contributed by atoms with Crippen molar-refractivity contribution < 1.29 is 0 Å². The van der Waals surface area contributed by atoms with Crippen molar-refractivity contribution in [2.75, 3.05) is 0 Å². The van der Waals surface area contributed by atoms with E-state index in [4.69, 9.17) is 5.73 Å². The molecule has 0 saturated carbocycles. The van der Waals surface area contributed by atoms with Crippen LogP contribution in [0.2, 0.25) is 0 Å². The molecule has 2 N–H and O–H groups in total. The molecular weight excluding hydrogens is 182 g/mol. The van der Waals surface area contributed by atoms with Crippen LogP contribution < -0.4 is 5.73 Å². The van der Waals surface area contributed by atoms with Gasteiger partial charge in [-0.3, -0.25) is 0 Å². The molecule has 0 aliphatic rings. The van der Waals surface area contributed by atoms with Gasteiger partial charge in [0.05, 0.1) is 0 Å². The molecule has 92 valence electrons. The molecule has 0 aromatic heterocycles. The first-order valence-electron chi connectivity index (χ1n) is 6.81. The maximum absolute atomic E-state index is 5.81. The van der Waals surface area contributed by atoms with Crippen molar-refractivity contribution in [2.24, 2.45) is 17.6 Å². The topological polar surface area (TPSA) is 26.0 Å². The lowest BCUT2D eigenvalue weighted by Crippen LogP contribution is -2.19. The molecular formula is C14H31N. The van der Waals surface area contributed by atoms with Crippen LogP contribution in [0.25, 0.3) is 0 Å². The average molecular weight is 213 g/mol. The molecule has 0 radical (unpaired) electrons. The zero-order valence-corrected chi connectivity index (χ0v) is 11.3. The van der Waals surface area contributed by atoms with E-state index in [1.54, 1.807) is 0 Å². The highest BCUT2D eigenvalue weighted by molar-refractivity contribution is 4.64. The van der Waals surface area contributed by atoms with Crippen LogP contribution in [0.4, 0.5) is 0 Å². The molecule has 0 aromatic rings. The van der Waals surface area contributed by atoms with Gasteiger partial charge in [0.1, 0.15) is 0 Å². The zero-order chi connectivity index (χ0) is 11.7. The molecule has 0 heterocycles. The van der Waals surface area contributed by atoms with Gasteiger partial charge in [0, 0.05) is 6.04 Å². The van der Waals surface area contributed by atoms with Crippen LogP contribution in [-0.2, 0) is 0 Å². The molecule has 0 aromatic carbocycles. The van der Waals surface area contributed by atoms with Crippen molar-refractivity contribution >= 4 is 0 Å². The highest BCUT2D eigenvalue weighted by Gasteiger charge is 2.10. The highest BCUT2D eigenvalue weighted by atomic mass is 14.6. The van der Waals surface area contributed by atoms with Crippen LogP contribution in [0.1, 0.15) is 72.6 Å². The van der Waals surface area contributed by atoms with Crippen LogP contribution in [0.5, 0.6) is 0 Å². The Kier molecular flexibility index (Phi) is 9.18. The lowest BCUT2D eigenvalue weighted by molar-refractivity contribution is 0.353. The zero-order valence-electron chi connectivity index (χ0n) is 11.3. The van der Waals surface area contributed by atoms with E-state index in [1.165, 1.54) is 44.9 Å². The first-order valence-corrected chi connectivity index (χ1v) is 6.81. The highest BCUT2D eigenvalue weighted by Crippen LogP contribution is 2.21. The summed E-state index contributed by atoms with van der Waals surface area (Å²) in [6.45, 7) is 9.12. The summed E-state index contributed by atoms with van der Waals surface area (Å²) in [5, 5.41) is 0. The fourth-order valence-corrected chi connectivity index (χ4v) is 2.46. The second-order valence-electron chi connectivity index (χ2n) is 5.51. The van der Waals surface area contributed by atoms with Crippen molar-refractivity contribution in [2.45, 2.75) is 78.7 Å². The Bertz CT molecular complexity index is 131. The molecule has 0 fully saturated rings. The smallest absolute Gasteiger partial charge is 0.00130 e. The molecule has 1 nitrogen and oxygen atoms in total. The number of rotatable bonds is 9. The van der Waals surface area contributed by atoms with Gasteiger partial charge in [-0.15, -0.1) is 0 Å². The van der Waals surface area contributed by atoms with E-state index in [9.17, 15) is 0 Å². The molecule has 3 unspecified atom stereocenters. The third-order valence-corrected chi connectivity index (χ3v) is 3.13. The Morgan fingerprint density at radius 3 is 2.07 bits per heavy atom. The van der Waals surface area contributed by atoms with Crippen LogP contribution in [-0.4, -0.2) is 6.04 Å². The largest absolute Gasteiger partial charge is 0.328 e. The summed E-state index contributed by atoms with van der Waals surface area (Å²) in [5.74, 6) is 1.68. The Morgan fingerprint density at radius 1 is 0.867 bits per heavy atom. The molecule has 1 heteroatoms. The lowest BCUT2D eigenvalue weighted by Gasteiger charge is -2.18. The first kappa shape index (κ1) is 15.0. The van der Waals surface area contributed by atoms with Crippen molar-refractivity contribution in [1.29, 1.82) is 0 Å². The van der Waals surface area contributed by atoms with Gasteiger partial charge in [-0.2, -0.15) is 0 Å². The molecule has 0 aliphatic heterocycles.